The van der Waals surface area contributed by atoms with E-state index in [2.05, 4.69) is 22.1 Å². The van der Waals surface area contributed by atoms with Gasteiger partial charge in [0.15, 0.2) is 11.0 Å². The van der Waals surface area contributed by atoms with E-state index in [0.29, 0.717) is 23.1 Å². The quantitative estimate of drug-likeness (QED) is 0.236. The summed E-state index contributed by atoms with van der Waals surface area (Å²) in [6.07, 6.45) is 1.37. The number of esters is 1. The molecule has 0 aliphatic heterocycles. The van der Waals surface area contributed by atoms with Crippen LogP contribution in [0.2, 0.25) is 0 Å². The van der Waals surface area contributed by atoms with Gasteiger partial charge in [-0.25, -0.2) is 4.79 Å². The molecule has 1 aromatic carbocycles. The largest absolute Gasteiger partial charge is 0.459 e. The van der Waals surface area contributed by atoms with Crippen molar-refractivity contribution >= 4 is 45.9 Å². The van der Waals surface area contributed by atoms with Crippen LogP contribution in [-0.2, 0) is 16.1 Å². The first kappa shape index (κ1) is 26.2. The van der Waals surface area contributed by atoms with E-state index in [0.717, 1.165) is 22.5 Å². The highest BCUT2D eigenvalue weighted by Crippen LogP contribution is 2.34. The Morgan fingerprint density at radius 3 is 2.51 bits per heavy atom. The van der Waals surface area contributed by atoms with Crippen LogP contribution in [0.5, 0.6) is 0 Å². The summed E-state index contributed by atoms with van der Waals surface area (Å²) in [7, 11) is 0. The standard InChI is InChI=1S/C24H27N5O4S2/c1-6-11-29-21(16-9-7-14(4)8-10-16)27-28-24(29)34-12-17(30)26-22-18(23(32)33-13(2)3)15(5)19(35-22)20(25)31/h6-10,13H,1,11-12H2,2-5H3,(H2,25,31)(H,26,30). The molecule has 2 heterocycles. The third-order valence-electron chi connectivity index (χ3n) is 4.84. The maximum atomic E-state index is 12.8. The highest BCUT2D eigenvalue weighted by molar-refractivity contribution is 7.99. The van der Waals surface area contributed by atoms with Crippen molar-refractivity contribution in [3.63, 3.8) is 0 Å². The summed E-state index contributed by atoms with van der Waals surface area (Å²) in [6.45, 7) is 11.3. The number of aromatic nitrogens is 3. The number of thioether (sulfide) groups is 1. The molecule has 0 unspecified atom stereocenters. The molecule has 11 heteroatoms. The number of ether oxygens (including phenoxy) is 1. The summed E-state index contributed by atoms with van der Waals surface area (Å²) < 4.78 is 7.16. The summed E-state index contributed by atoms with van der Waals surface area (Å²) in [4.78, 5) is 37.4. The molecular weight excluding hydrogens is 486 g/mol. The topological polar surface area (TPSA) is 129 Å². The normalized spacial score (nSPS) is 10.9. The van der Waals surface area contributed by atoms with Gasteiger partial charge < -0.3 is 15.8 Å². The minimum Gasteiger partial charge on any atom is -0.459 e. The van der Waals surface area contributed by atoms with Gasteiger partial charge in [-0.05, 0) is 33.3 Å². The molecule has 2 aromatic heterocycles. The van der Waals surface area contributed by atoms with Crippen molar-refractivity contribution in [1.29, 1.82) is 0 Å². The molecule has 3 N–H and O–H groups in total. The second-order valence-corrected chi connectivity index (χ2v) is 9.95. The van der Waals surface area contributed by atoms with E-state index in [1.807, 2.05) is 35.8 Å². The SMILES string of the molecule is C=CCn1c(SCC(=O)Nc2sc(C(N)=O)c(C)c2C(=O)OC(C)C)nnc1-c1ccc(C)cc1. The van der Waals surface area contributed by atoms with E-state index in [1.54, 1.807) is 26.8 Å². The number of nitrogens with zero attached hydrogens (tertiary/aromatic N) is 3. The molecule has 9 nitrogen and oxygen atoms in total. The Balaban J connectivity index is 1.79. The first-order chi connectivity index (χ1) is 16.6. The number of nitrogens with one attached hydrogen (secondary N) is 1. The van der Waals surface area contributed by atoms with Gasteiger partial charge in [0.1, 0.15) is 5.00 Å². The number of carbonyl (C=O) groups excluding carboxylic acids is 3. The number of thiophene rings is 1. The fourth-order valence-corrected chi connectivity index (χ4v) is 5.06. The molecule has 0 atom stereocenters. The van der Waals surface area contributed by atoms with Crippen molar-refractivity contribution in [2.75, 3.05) is 11.1 Å². The van der Waals surface area contributed by atoms with Crippen molar-refractivity contribution in [1.82, 2.24) is 14.8 Å². The number of hydrogen-bond acceptors (Lipinski definition) is 8. The summed E-state index contributed by atoms with van der Waals surface area (Å²) in [6, 6.07) is 7.92. The number of benzene rings is 1. The van der Waals surface area contributed by atoms with Gasteiger partial charge in [0, 0.05) is 12.1 Å². The molecule has 0 radical (unpaired) electrons. The van der Waals surface area contributed by atoms with Gasteiger partial charge in [0.25, 0.3) is 5.91 Å². The first-order valence-electron chi connectivity index (χ1n) is 10.8. The maximum Gasteiger partial charge on any atom is 0.341 e. The van der Waals surface area contributed by atoms with E-state index < -0.39 is 11.9 Å². The Hall–Kier alpha value is -3.44. The zero-order valence-corrected chi connectivity index (χ0v) is 21.6. The van der Waals surface area contributed by atoms with Crippen LogP contribution >= 0.6 is 23.1 Å². The smallest absolute Gasteiger partial charge is 0.341 e. The summed E-state index contributed by atoms with van der Waals surface area (Å²) in [5, 5.41) is 12.0. The number of anilines is 1. The fraction of sp³-hybridized carbons (Fsp3) is 0.292. The predicted molar refractivity (Wildman–Crippen MR) is 138 cm³/mol. The lowest BCUT2D eigenvalue weighted by atomic mass is 10.1. The monoisotopic (exact) mass is 513 g/mol. The number of amides is 2. The van der Waals surface area contributed by atoms with Crippen molar-refractivity contribution < 1.29 is 19.1 Å². The van der Waals surface area contributed by atoms with Crippen LogP contribution in [-0.4, -0.2) is 44.4 Å². The van der Waals surface area contributed by atoms with E-state index in [-0.39, 0.29) is 33.2 Å². The Morgan fingerprint density at radius 2 is 1.91 bits per heavy atom. The summed E-state index contributed by atoms with van der Waals surface area (Å²) in [5.41, 5.74) is 7.99. The zero-order valence-electron chi connectivity index (χ0n) is 20.0. The number of aryl methyl sites for hydroxylation is 1. The highest BCUT2D eigenvalue weighted by atomic mass is 32.2. The van der Waals surface area contributed by atoms with E-state index in [9.17, 15) is 14.4 Å². The summed E-state index contributed by atoms with van der Waals surface area (Å²) >= 11 is 2.15. The second kappa shape index (κ2) is 11.3. The Kier molecular flexibility index (Phi) is 8.47. The number of allylic oxidation sites excluding steroid dienone is 1. The third kappa shape index (κ3) is 6.17. The molecule has 0 saturated carbocycles. The number of nitrogens with two attached hydrogens (primary N) is 1. The van der Waals surface area contributed by atoms with Crippen LogP contribution in [0, 0.1) is 13.8 Å². The van der Waals surface area contributed by atoms with Crippen LogP contribution in [0.1, 0.15) is 45.0 Å². The van der Waals surface area contributed by atoms with Gasteiger partial charge in [0.2, 0.25) is 5.91 Å². The van der Waals surface area contributed by atoms with E-state index >= 15 is 0 Å². The number of hydrogen-bond donors (Lipinski definition) is 2. The highest BCUT2D eigenvalue weighted by Gasteiger charge is 2.26. The van der Waals surface area contributed by atoms with Crippen LogP contribution < -0.4 is 11.1 Å². The van der Waals surface area contributed by atoms with Gasteiger partial charge >= 0.3 is 5.97 Å². The molecule has 0 bridgehead atoms. The molecule has 0 aliphatic carbocycles. The molecule has 0 spiro atoms. The second-order valence-electron chi connectivity index (χ2n) is 7.99. The van der Waals surface area contributed by atoms with Crippen molar-refractivity contribution in [3.8, 4) is 11.4 Å². The zero-order chi connectivity index (χ0) is 25.7. The van der Waals surface area contributed by atoms with Gasteiger partial charge in [-0.2, -0.15) is 0 Å². The van der Waals surface area contributed by atoms with E-state index in [4.69, 9.17) is 10.5 Å². The van der Waals surface area contributed by atoms with Gasteiger partial charge in [-0.1, -0.05) is 47.7 Å². The Labute approximate surface area is 211 Å². The molecular formula is C24H27N5O4S2. The van der Waals surface area contributed by atoms with Crippen LogP contribution in [0.25, 0.3) is 11.4 Å². The number of rotatable bonds is 10. The lowest BCUT2D eigenvalue weighted by Crippen LogP contribution is -2.18. The molecule has 3 aromatic rings. The van der Waals surface area contributed by atoms with Crippen LogP contribution in [0.15, 0.2) is 42.1 Å². The molecule has 0 aliphatic rings. The average Bonchev–Trinajstić information content (AvgIpc) is 3.33. The maximum absolute atomic E-state index is 12.8. The fourth-order valence-electron chi connectivity index (χ4n) is 3.25. The minimum atomic E-state index is -0.679. The van der Waals surface area contributed by atoms with Crippen molar-refractivity contribution in [2.45, 2.75) is 45.5 Å². The first-order valence-corrected chi connectivity index (χ1v) is 12.6. The number of primary amides is 1. The van der Waals surface area contributed by atoms with Gasteiger partial charge in [0.05, 0.1) is 22.3 Å². The van der Waals surface area contributed by atoms with Crippen LogP contribution in [0.4, 0.5) is 5.00 Å². The average molecular weight is 514 g/mol. The molecule has 2 amide bonds. The van der Waals surface area contributed by atoms with Gasteiger partial charge in [-0.15, -0.1) is 28.1 Å². The molecule has 184 valence electrons. The van der Waals surface area contributed by atoms with Gasteiger partial charge in [-0.3, -0.25) is 14.2 Å². The van der Waals surface area contributed by atoms with E-state index in [1.165, 1.54) is 11.8 Å². The minimum absolute atomic E-state index is 0.00466. The summed E-state index contributed by atoms with van der Waals surface area (Å²) in [5.74, 6) is -1.01. The number of carbonyl (C=O) groups is 3. The predicted octanol–water partition coefficient (Wildman–Crippen LogP) is 4.20. The molecule has 0 saturated heterocycles. The third-order valence-corrected chi connectivity index (χ3v) is 7.03. The van der Waals surface area contributed by atoms with Crippen molar-refractivity contribution in [3.05, 3.63) is 58.5 Å². The Morgan fingerprint density at radius 1 is 1.23 bits per heavy atom. The Bertz CT molecular complexity index is 1260. The molecule has 3 rings (SSSR count). The van der Waals surface area contributed by atoms with Crippen LogP contribution in [0.3, 0.4) is 0 Å². The lowest BCUT2D eigenvalue weighted by Gasteiger charge is -2.10. The molecule has 0 fully saturated rings. The van der Waals surface area contributed by atoms with Crippen molar-refractivity contribution in [2.24, 2.45) is 5.73 Å². The lowest BCUT2D eigenvalue weighted by molar-refractivity contribution is -0.113. The molecule has 35 heavy (non-hydrogen) atoms.